The normalized spacial score (nSPS) is 10.6. The highest BCUT2D eigenvalue weighted by atomic mass is 79.9. The second kappa shape index (κ2) is 5.61. The molecule has 0 aliphatic heterocycles. The molecule has 1 aromatic heterocycles. The van der Waals surface area contributed by atoms with Crippen molar-refractivity contribution in [3.63, 3.8) is 0 Å². The van der Waals surface area contributed by atoms with Crippen molar-refractivity contribution in [1.29, 1.82) is 0 Å². The van der Waals surface area contributed by atoms with Crippen LogP contribution in [0, 0.1) is 0 Å². The predicted octanol–water partition coefficient (Wildman–Crippen LogP) is 4.19. The first-order valence-electron chi connectivity index (χ1n) is 6.40. The maximum Gasteiger partial charge on any atom is 0.257 e. The van der Waals surface area contributed by atoms with E-state index in [1.807, 2.05) is 42.5 Å². The maximum absolute atomic E-state index is 12.4. The summed E-state index contributed by atoms with van der Waals surface area (Å²) in [5, 5.41) is 3.73. The lowest BCUT2D eigenvalue weighted by molar-refractivity contribution is 0.102. The number of para-hydroxylation sites is 1. The molecule has 2 aromatic carbocycles. The first kappa shape index (κ1) is 13.7. The Labute approximate surface area is 130 Å². The summed E-state index contributed by atoms with van der Waals surface area (Å²) >= 11 is 3.42. The number of benzene rings is 2. The van der Waals surface area contributed by atoms with Crippen molar-refractivity contribution in [2.45, 2.75) is 0 Å². The smallest absolute Gasteiger partial charge is 0.257 e. The van der Waals surface area contributed by atoms with Crippen molar-refractivity contribution in [2.24, 2.45) is 0 Å². The number of H-pyrrole nitrogens is 1. The van der Waals surface area contributed by atoms with E-state index in [4.69, 9.17) is 4.74 Å². The fourth-order valence-electron chi connectivity index (χ4n) is 2.17. The van der Waals surface area contributed by atoms with Crippen LogP contribution >= 0.6 is 15.9 Å². The van der Waals surface area contributed by atoms with Crippen LogP contribution in [0.2, 0.25) is 0 Å². The summed E-state index contributed by atoms with van der Waals surface area (Å²) in [6, 6.07) is 13.1. The summed E-state index contributed by atoms with van der Waals surface area (Å²) in [6.07, 6.45) is 1.70. The zero-order valence-corrected chi connectivity index (χ0v) is 12.9. The minimum Gasteiger partial charge on any atom is -0.497 e. The summed E-state index contributed by atoms with van der Waals surface area (Å²) in [5.74, 6) is 0.554. The van der Waals surface area contributed by atoms with Gasteiger partial charge in [-0.1, -0.05) is 12.1 Å². The van der Waals surface area contributed by atoms with Gasteiger partial charge in [0, 0.05) is 21.6 Å². The van der Waals surface area contributed by atoms with Crippen LogP contribution in [0.1, 0.15) is 10.4 Å². The number of hydrogen-bond donors (Lipinski definition) is 2. The van der Waals surface area contributed by atoms with Crippen LogP contribution < -0.4 is 10.1 Å². The Morgan fingerprint density at radius 3 is 2.81 bits per heavy atom. The number of carbonyl (C=O) groups excluding carboxylic acids is 1. The van der Waals surface area contributed by atoms with Gasteiger partial charge in [0.15, 0.2) is 0 Å². The molecule has 4 nitrogen and oxygen atoms in total. The van der Waals surface area contributed by atoms with E-state index in [1.54, 1.807) is 13.3 Å². The molecule has 0 saturated carbocycles. The summed E-state index contributed by atoms with van der Waals surface area (Å²) in [4.78, 5) is 15.5. The van der Waals surface area contributed by atoms with Crippen molar-refractivity contribution in [1.82, 2.24) is 4.98 Å². The van der Waals surface area contributed by atoms with Gasteiger partial charge in [-0.3, -0.25) is 4.79 Å². The third kappa shape index (κ3) is 2.64. The van der Waals surface area contributed by atoms with Gasteiger partial charge in [0.25, 0.3) is 5.91 Å². The molecule has 0 bridgehead atoms. The minimum absolute atomic E-state index is 0.165. The van der Waals surface area contributed by atoms with Gasteiger partial charge in [0.1, 0.15) is 5.75 Å². The summed E-state index contributed by atoms with van der Waals surface area (Å²) in [5.41, 5.74) is 2.22. The van der Waals surface area contributed by atoms with Crippen LogP contribution in [0.25, 0.3) is 10.9 Å². The van der Waals surface area contributed by atoms with Gasteiger partial charge < -0.3 is 15.0 Å². The highest BCUT2D eigenvalue weighted by Gasteiger charge is 2.13. The van der Waals surface area contributed by atoms with Crippen LogP contribution in [-0.2, 0) is 0 Å². The van der Waals surface area contributed by atoms with Gasteiger partial charge in [-0.15, -0.1) is 0 Å². The van der Waals surface area contributed by atoms with Crippen LogP contribution in [0.5, 0.6) is 5.75 Å². The van der Waals surface area contributed by atoms with Crippen LogP contribution in [0.4, 0.5) is 5.69 Å². The Kier molecular flexibility index (Phi) is 3.66. The van der Waals surface area contributed by atoms with Crippen molar-refractivity contribution >= 4 is 38.4 Å². The Morgan fingerprint density at radius 1 is 1.24 bits per heavy atom. The number of halogens is 1. The fourth-order valence-corrected chi connectivity index (χ4v) is 2.55. The molecule has 2 N–H and O–H groups in total. The largest absolute Gasteiger partial charge is 0.497 e. The molecule has 0 fully saturated rings. The summed E-state index contributed by atoms with van der Waals surface area (Å²) in [7, 11) is 1.61. The van der Waals surface area contributed by atoms with Gasteiger partial charge in [-0.05, 0) is 46.3 Å². The molecule has 0 aliphatic carbocycles. The number of ether oxygens (including phenoxy) is 1. The molecule has 0 saturated heterocycles. The van der Waals surface area contributed by atoms with E-state index in [2.05, 4.69) is 26.2 Å². The number of nitrogens with one attached hydrogen (secondary N) is 2. The first-order chi connectivity index (χ1) is 10.2. The lowest BCUT2D eigenvalue weighted by Crippen LogP contribution is -2.11. The molecule has 0 aliphatic rings. The number of aromatic amines is 1. The molecule has 0 spiro atoms. The molecule has 0 radical (unpaired) electrons. The van der Waals surface area contributed by atoms with E-state index < -0.39 is 0 Å². The number of amides is 1. The second-order valence-electron chi connectivity index (χ2n) is 4.55. The maximum atomic E-state index is 12.4. The first-order valence-corrected chi connectivity index (χ1v) is 7.19. The molecule has 3 aromatic rings. The monoisotopic (exact) mass is 344 g/mol. The molecular formula is C16H13BrN2O2. The van der Waals surface area contributed by atoms with Gasteiger partial charge in [-0.2, -0.15) is 0 Å². The lowest BCUT2D eigenvalue weighted by Gasteiger charge is -2.06. The van der Waals surface area contributed by atoms with Crippen LogP contribution in [0.15, 0.2) is 53.1 Å². The quantitative estimate of drug-likeness (QED) is 0.748. The molecule has 1 amide bonds. The van der Waals surface area contributed by atoms with E-state index >= 15 is 0 Å². The molecule has 0 atom stereocenters. The van der Waals surface area contributed by atoms with Crippen LogP contribution in [-0.4, -0.2) is 18.0 Å². The summed E-state index contributed by atoms with van der Waals surface area (Å²) < 4.78 is 6.05. The van der Waals surface area contributed by atoms with Gasteiger partial charge in [0.2, 0.25) is 0 Å². The van der Waals surface area contributed by atoms with Gasteiger partial charge in [-0.25, -0.2) is 0 Å². The SMILES string of the molecule is COc1ccc2[nH]cc(C(=O)Nc3ccccc3Br)c2c1. The zero-order chi connectivity index (χ0) is 14.8. The molecule has 21 heavy (non-hydrogen) atoms. The van der Waals surface area contributed by atoms with E-state index in [0.29, 0.717) is 5.56 Å². The van der Waals surface area contributed by atoms with Crippen molar-refractivity contribution in [3.8, 4) is 5.75 Å². The number of fused-ring (bicyclic) bond motifs is 1. The van der Waals surface area contributed by atoms with E-state index in [-0.39, 0.29) is 5.91 Å². The highest BCUT2D eigenvalue weighted by Crippen LogP contribution is 2.26. The molecule has 0 unspecified atom stereocenters. The molecule has 3 rings (SSSR count). The van der Waals surface area contributed by atoms with Crippen molar-refractivity contribution < 1.29 is 9.53 Å². The number of rotatable bonds is 3. The van der Waals surface area contributed by atoms with Crippen molar-refractivity contribution in [2.75, 3.05) is 12.4 Å². The van der Waals surface area contributed by atoms with Gasteiger partial charge in [0.05, 0.1) is 18.4 Å². The van der Waals surface area contributed by atoms with Gasteiger partial charge >= 0.3 is 0 Å². The Hall–Kier alpha value is -2.27. The standard InChI is InChI=1S/C16H13BrN2O2/c1-21-10-6-7-14-11(8-10)12(9-18-14)16(20)19-15-5-3-2-4-13(15)17/h2-9,18H,1H3,(H,19,20). The predicted molar refractivity (Wildman–Crippen MR) is 86.9 cm³/mol. The molecule has 1 heterocycles. The Morgan fingerprint density at radius 2 is 2.05 bits per heavy atom. The van der Waals surface area contributed by atoms with E-state index in [1.165, 1.54) is 0 Å². The average molecular weight is 345 g/mol. The third-order valence-electron chi connectivity index (χ3n) is 3.26. The number of hydrogen-bond acceptors (Lipinski definition) is 2. The Balaban J connectivity index is 1.96. The fraction of sp³-hybridized carbons (Fsp3) is 0.0625. The lowest BCUT2D eigenvalue weighted by atomic mass is 10.1. The van der Waals surface area contributed by atoms with Crippen molar-refractivity contribution in [3.05, 3.63) is 58.7 Å². The second-order valence-corrected chi connectivity index (χ2v) is 5.40. The Bertz CT molecular complexity index is 811. The number of methoxy groups -OCH3 is 1. The topological polar surface area (TPSA) is 54.1 Å². The van der Waals surface area contributed by atoms with Crippen LogP contribution in [0.3, 0.4) is 0 Å². The molecular weight excluding hydrogens is 332 g/mol. The third-order valence-corrected chi connectivity index (χ3v) is 3.95. The highest BCUT2D eigenvalue weighted by molar-refractivity contribution is 9.10. The number of aromatic nitrogens is 1. The average Bonchev–Trinajstić information content (AvgIpc) is 2.92. The number of anilines is 1. The molecule has 5 heteroatoms. The van der Waals surface area contributed by atoms with E-state index in [0.717, 1.165) is 26.8 Å². The van der Waals surface area contributed by atoms with E-state index in [9.17, 15) is 4.79 Å². The molecule has 106 valence electrons. The zero-order valence-electron chi connectivity index (χ0n) is 11.3. The number of carbonyl (C=O) groups is 1. The minimum atomic E-state index is -0.165. The summed E-state index contributed by atoms with van der Waals surface area (Å²) in [6.45, 7) is 0.